The number of hydrogen-bond acceptors (Lipinski definition) is 3. The lowest BCUT2D eigenvalue weighted by atomic mass is 10.1. The Morgan fingerprint density at radius 1 is 1.85 bits per heavy atom. The van der Waals surface area contributed by atoms with Crippen molar-refractivity contribution in [3.8, 4) is 0 Å². The summed E-state index contributed by atoms with van der Waals surface area (Å²) in [6, 6.07) is 1.76. The average molecular weight is 180 g/mol. The molecule has 0 aliphatic carbocycles. The Balaban J connectivity index is 1.97. The maximum atomic E-state index is 11.4. The van der Waals surface area contributed by atoms with Crippen LogP contribution in [0.5, 0.6) is 0 Å². The lowest BCUT2D eigenvalue weighted by Crippen LogP contribution is -2.51. The third kappa shape index (κ3) is 1.55. The highest BCUT2D eigenvalue weighted by Gasteiger charge is 2.24. The Morgan fingerprint density at radius 3 is 3.08 bits per heavy atom. The zero-order chi connectivity index (χ0) is 9.26. The van der Waals surface area contributed by atoms with E-state index in [2.05, 4.69) is 15.7 Å². The van der Waals surface area contributed by atoms with E-state index in [0.717, 1.165) is 18.8 Å². The van der Waals surface area contributed by atoms with Crippen molar-refractivity contribution >= 4 is 11.7 Å². The molecule has 2 heterocycles. The molecule has 70 valence electrons. The molecule has 1 unspecified atom stereocenters. The summed E-state index contributed by atoms with van der Waals surface area (Å²) in [5.74, 6) is 0.758. The van der Waals surface area contributed by atoms with Gasteiger partial charge in [-0.2, -0.15) is 5.10 Å². The number of hydrogen-bond donors (Lipinski definition) is 2. The third-order valence-electron chi connectivity index (χ3n) is 2.21. The van der Waals surface area contributed by atoms with E-state index < -0.39 is 0 Å². The van der Waals surface area contributed by atoms with E-state index in [1.807, 2.05) is 0 Å². The standard InChI is InChI=1S/C8H12N4O/c1-12-7(3-5-10-12)11-8(13)6-2-4-9-6/h3,5-6,9H,2,4H2,1H3,(H,11,13). The van der Waals surface area contributed by atoms with Crippen LogP contribution >= 0.6 is 0 Å². The topological polar surface area (TPSA) is 59.0 Å². The number of amides is 1. The van der Waals surface area contributed by atoms with Gasteiger partial charge in [0.05, 0.1) is 12.2 Å². The van der Waals surface area contributed by atoms with Crippen molar-refractivity contribution in [2.24, 2.45) is 7.05 Å². The maximum absolute atomic E-state index is 11.4. The molecule has 1 aliphatic rings. The summed E-state index contributed by atoms with van der Waals surface area (Å²) in [5, 5.41) is 9.78. The van der Waals surface area contributed by atoms with Crippen LogP contribution in [0.25, 0.3) is 0 Å². The van der Waals surface area contributed by atoms with Gasteiger partial charge in [-0.3, -0.25) is 9.48 Å². The SMILES string of the molecule is Cn1nccc1NC(=O)C1CCN1. The first-order valence-corrected chi connectivity index (χ1v) is 4.29. The molecule has 2 rings (SSSR count). The normalized spacial score (nSPS) is 20.8. The minimum atomic E-state index is -0.0186. The van der Waals surface area contributed by atoms with Crippen molar-refractivity contribution in [1.29, 1.82) is 0 Å². The van der Waals surface area contributed by atoms with E-state index in [1.54, 1.807) is 24.0 Å². The highest BCUT2D eigenvalue weighted by Crippen LogP contribution is 2.08. The van der Waals surface area contributed by atoms with Crippen LogP contribution in [0.1, 0.15) is 6.42 Å². The largest absolute Gasteiger partial charge is 0.310 e. The average Bonchev–Trinajstić information content (AvgIpc) is 2.32. The summed E-state index contributed by atoms with van der Waals surface area (Å²) in [5.41, 5.74) is 0. The Morgan fingerprint density at radius 2 is 2.62 bits per heavy atom. The van der Waals surface area contributed by atoms with Gasteiger partial charge in [0, 0.05) is 13.1 Å². The molecule has 1 fully saturated rings. The Bertz CT molecular complexity index is 316. The number of aromatic nitrogens is 2. The number of anilines is 1. The molecule has 1 aromatic heterocycles. The van der Waals surface area contributed by atoms with Gasteiger partial charge in [0.15, 0.2) is 0 Å². The molecule has 0 bridgehead atoms. The molecule has 13 heavy (non-hydrogen) atoms. The lowest BCUT2D eigenvalue weighted by molar-refractivity contribution is -0.119. The Hall–Kier alpha value is -1.36. The lowest BCUT2D eigenvalue weighted by Gasteiger charge is -2.26. The minimum absolute atomic E-state index is 0.0186. The fraction of sp³-hybridized carbons (Fsp3) is 0.500. The van der Waals surface area contributed by atoms with Gasteiger partial charge in [-0.1, -0.05) is 0 Å². The first-order chi connectivity index (χ1) is 6.27. The minimum Gasteiger partial charge on any atom is -0.310 e. The number of nitrogens with one attached hydrogen (secondary N) is 2. The van der Waals surface area contributed by atoms with Crippen molar-refractivity contribution < 1.29 is 4.79 Å². The molecule has 0 aromatic carbocycles. The zero-order valence-electron chi connectivity index (χ0n) is 7.45. The predicted molar refractivity (Wildman–Crippen MR) is 48.2 cm³/mol. The second kappa shape index (κ2) is 3.18. The molecular weight excluding hydrogens is 168 g/mol. The van der Waals surface area contributed by atoms with E-state index in [4.69, 9.17) is 0 Å². The summed E-state index contributed by atoms with van der Waals surface area (Å²) in [4.78, 5) is 11.4. The number of rotatable bonds is 2. The predicted octanol–water partition coefficient (Wildman–Crippen LogP) is -0.280. The van der Waals surface area contributed by atoms with Crippen molar-refractivity contribution in [3.05, 3.63) is 12.3 Å². The molecule has 1 atom stereocenters. The smallest absolute Gasteiger partial charge is 0.242 e. The van der Waals surface area contributed by atoms with Crippen molar-refractivity contribution in [2.75, 3.05) is 11.9 Å². The van der Waals surface area contributed by atoms with E-state index in [9.17, 15) is 4.79 Å². The fourth-order valence-electron chi connectivity index (χ4n) is 1.22. The van der Waals surface area contributed by atoms with Crippen LogP contribution < -0.4 is 10.6 Å². The summed E-state index contributed by atoms with van der Waals surface area (Å²) in [6.45, 7) is 0.934. The number of carbonyl (C=O) groups is 1. The van der Waals surface area contributed by atoms with E-state index in [-0.39, 0.29) is 11.9 Å². The number of carbonyl (C=O) groups excluding carboxylic acids is 1. The van der Waals surface area contributed by atoms with Crippen molar-refractivity contribution in [3.63, 3.8) is 0 Å². The van der Waals surface area contributed by atoms with Crippen LogP contribution in [-0.4, -0.2) is 28.3 Å². The Labute approximate surface area is 76.1 Å². The molecule has 0 saturated carbocycles. The first kappa shape index (κ1) is 8.25. The van der Waals surface area contributed by atoms with E-state index in [0.29, 0.717) is 0 Å². The molecule has 5 nitrogen and oxygen atoms in total. The summed E-state index contributed by atoms with van der Waals surface area (Å²) < 4.78 is 1.64. The number of aryl methyl sites for hydroxylation is 1. The molecule has 2 N–H and O–H groups in total. The first-order valence-electron chi connectivity index (χ1n) is 4.29. The summed E-state index contributed by atoms with van der Waals surface area (Å²) in [7, 11) is 1.80. The highest BCUT2D eigenvalue weighted by molar-refractivity contribution is 5.94. The van der Waals surface area contributed by atoms with Gasteiger partial charge in [-0.25, -0.2) is 0 Å². The van der Waals surface area contributed by atoms with Gasteiger partial charge >= 0.3 is 0 Å². The van der Waals surface area contributed by atoms with Crippen LogP contribution in [0.15, 0.2) is 12.3 Å². The second-order valence-corrected chi connectivity index (χ2v) is 3.12. The molecule has 1 aromatic rings. The molecule has 1 amide bonds. The highest BCUT2D eigenvalue weighted by atomic mass is 16.2. The van der Waals surface area contributed by atoms with E-state index >= 15 is 0 Å². The van der Waals surface area contributed by atoms with Gasteiger partial charge in [0.1, 0.15) is 5.82 Å². The van der Waals surface area contributed by atoms with Crippen LogP contribution in [-0.2, 0) is 11.8 Å². The molecule has 5 heteroatoms. The van der Waals surface area contributed by atoms with Crippen LogP contribution in [0, 0.1) is 0 Å². The van der Waals surface area contributed by atoms with Gasteiger partial charge < -0.3 is 10.6 Å². The monoisotopic (exact) mass is 180 g/mol. The summed E-state index contributed by atoms with van der Waals surface area (Å²) >= 11 is 0. The second-order valence-electron chi connectivity index (χ2n) is 3.12. The van der Waals surface area contributed by atoms with Gasteiger partial charge in [-0.05, 0) is 13.0 Å². The van der Waals surface area contributed by atoms with Crippen LogP contribution in [0.3, 0.4) is 0 Å². The third-order valence-corrected chi connectivity index (χ3v) is 2.21. The van der Waals surface area contributed by atoms with Crippen molar-refractivity contribution in [1.82, 2.24) is 15.1 Å². The van der Waals surface area contributed by atoms with Gasteiger partial charge in [0.25, 0.3) is 0 Å². The van der Waals surface area contributed by atoms with Crippen LogP contribution in [0.2, 0.25) is 0 Å². The maximum Gasteiger partial charge on any atom is 0.242 e. The molecule has 0 spiro atoms. The van der Waals surface area contributed by atoms with Crippen LogP contribution in [0.4, 0.5) is 5.82 Å². The van der Waals surface area contributed by atoms with E-state index in [1.165, 1.54) is 0 Å². The molecule has 1 saturated heterocycles. The quantitative estimate of drug-likeness (QED) is 0.658. The Kier molecular flexibility index (Phi) is 2.02. The van der Waals surface area contributed by atoms with Gasteiger partial charge in [0.2, 0.25) is 5.91 Å². The summed E-state index contributed by atoms with van der Waals surface area (Å²) in [6.07, 6.45) is 2.58. The fourth-order valence-corrected chi connectivity index (χ4v) is 1.22. The zero-order valence-corrected chi connectivity index (χ0v) is 7.45. The van der Waals surface area contributed by atoms with Crippen molar-refractivity contribution in [2.45, 2.75) is 12.5 Å². The molecule has 0 radical (unpaired) electrons. The molecule has 1 aliphatic heterocycles. The number of nitrogens with zero attached hydrogens (tertiary/aromatic N) is 2. The van der Waals surface area contributed by atoms with Gasteiger partial charge in [-0.15, -0.1) is 0 Å². The molecular formula is C8H12N4O.